The molecule has 3 aromatic heterocycles. The summed E-state index contributed by atoms with van der Waals surface area (Å²) >= 11 is 0. The minimum Gasteiger partial charge on any atom is -0.265 e. The Labute approximate surface area is 297 Å². The van der Waals surface area contributed by atoms with Crippen molar-refractivity contribution in [1.82, 2.24) is 24.9 Å². The Morgan fingerprint density at radius 3 is 1.10 bits per heavy atom. The van der Waals surface area contributed by atoms with Crippen LogP contribution in [0.2, 0.25) is 0 Å². The second-order valence-electron chi connectivity index (χ2n) is 12.3. The molecule has 5 nitrogen and oxygen atoms in total. The summed E-state index contributed by atoms with van der Waals surface area (Å²) in [5.74, 6) is 1.79. The fourth-order valence-corrected chi connectivity index (χ4v) is 6.21. The summed E-state index contributed by atoms with van der Waals surface area (Å²) in [7, 11) is 0. The topological polar surface area (TPSA) is 64.5 Å². The summed E-state index contributed by atoms with van der Waals surface area (Å²) in [6.45, 7) is 3.85. The van der Waals surface area contributed by atoms with Crippen LogP contribution >= 0.6 is 0 Å². The summed E-state index contributed by atoms with van der Waals surface area (Å²) < 4.78 is 0. The zero-order valence-electron chi connectivity index (χ0n) is 27.9. The first-order chi connectivity index (χ1) is 25.2. The molecule has 0 aliphatic rings. The van der Waals surface area contributed by atoms with E-state index in [1.165, 1.54) is 27.8 Å². The van der Waals surface area contributed by atoms with E-state index in [0.717, 1.165) is 45.4 Å². The van der Waals surface area contributed by atoms with Crippen molar-refractivity contribution in [3.05, 3.63) is 189 Å². The summed E-state index contributed by atoms with van der Waals surface area (Å²) in [6.07, 6.45) is 9.80. The van der Waals surface area contributed by atoms with Crippen molar-refractivity contribution in [2.75, 3.05) is 0 Å². The lowest BCUT2D eigenvalue weighted by molar-refractivity contribution is 1.07. The lowest BCUT2D eigenvalue weighted by Gasteiger charge is -2.11. The van der Waals surface area contributed by atoms with E-state index in [0.29, 0.717) is 17.5 Å². The van der Waals surface area contributed by atoms with Crippen molar-refractivity contribution >= 4 is 0 Å². The van der Waals surface area contributed by atoms with Crippen molar-refractivity contribution in [1.29, 1.82) is 0 Å². The van der Waals surface area contributed by atoms with Gasteiger partial charge >= 0.3 is 0 Å². The molecule has 0 N–H and O–H groups in total. The van der Waals surface area contributed by atoms with Gasteiger partial charge in [-0.05, 0) is 99.0 Å². The van der Waals surface area contributed by atoms with Crippen LogP contribution in [0.25, 0.3) is 78.7 Å². The second kappa shape index (κ2) is 14.3. The first kappa shape index (κ1) is 31.4. The highest BCUT2D eigenvalue weighted by Crippen LogP contribution is 2.32. The maximum absolute atomic E-state index is 4.90. The molecule has 0 aliphatic heterocycles. The van der Waals surface area contributed by atoms with Gasteiger partial charge in [0.1, 0.15) is 0 Å². The van der Waals surface area contributed by atoms with E-state index in [1.807, 2.05) is 36.4 Å². The normalized spacial score (nSPS) is 10.9. The minimum absolute atomic E-state index is 0.592. The Hall–Kier alpha value is -6.85. The van der Waals surface area contributed by atoms with Gasteiger partial charge in [-0.2, -0.15) is 0 Å². The molecule has 0 spiro atoms. The molecule has 0 radical (unpaired) electrons. The number of rotatable bonds is 9. The van der Waals surface area contributed by atoms with Crippen molar-refractivity contribution in [2.45, 2.75) is 6.42 Å². The molecular formula is C46H33N5. The zero-order chi connectivity index (χ0) is 34.4. The molecule has 5 aromatic carbocycles. The molecule has 242 valence electrons. The van der Waals surface area contributed by atoms with Crippen LogP contribution in [0.3, 0.4) is 0 Å². The SMILES string of the molecule is C=CCc1ccc(-c2cccc(-c3ccc(-c4cccc(-c5cccc(-c6nc(-c7ccncc7)nc(-c7ccncc7)n6)c5)c4)cc3)c2)cc1. The van der Waals surface area contributed by atoms with Gasteiger partial charge in [0.2, 0.25) is 0 Å². The number of allylic oxidation sites excluding steroid dienone is 1. The van der Waals surface area contributed by atoms with Crippen molar-refractivity contribution in [3.8, 4) is 78.7 Å². The fourth-order valence-electron chi connectivity index (χ4n) is 6.21. The van der Waals surface area contributed by atoms with Crippen LogP contribution in [-0.4, -0.2) is 24.9 Å². The van der Waals surface area contributed by atoms with E-state index in [-0.39, 0.29) is 0 Å². The summed E-state index contributed by atoms with van der Waals surface area (Å²) in [5, 5.41) is 0. The van der Waals surface area contributed by atoms with Crippen molar-refractivity contribution < 1.29 is 0 Å². The molecule has 0 saturated carbocycles. The van der Waals surface area contributed by atoms with Gasteiger partial charge < -0.3 is 0 Å². The second-order valence-corrected chi connectivity index (χ2v) is 12.3. The third kappa shape index (κ3) is 7.00. The first-order valence-corrected chi connectivity index (χ1v) is 16.9. The smallest absolute Gasteiger partial charge is 0.164 e. The lowest BCUT2D eigenvalue weighted by atomic mass is 9.95. The number of pyridine rings is 2. The number of nitrogens with zero attached hydrogens (tertiary/aromatic N) is 5. The predicted molar refractivity (Wildman–Crippen MR) is 207 cm³/mol. The lowest BCUT2D eigenvalue weighted by Crippen LogP contribution is -2.00. The Balaban J connectivity index is 1.08. The van der Waals surface area contributed by atoms with Crippen LogP contribution in [0, 0.1) is 0 Å². The summed E-state index contributed by atoms with van der Waals surface area (Å²) in [6, 6.07) is 50.9. The van der Waals surface area contributed by atoms with E-state index in [1.54, 1.807) is 24.8 Å². The van der Waals surface area contributed by atoms with Gasteiger partial charge in [-0.3, -0.25) is 9.97 Å². The standard InChI is InChI=1S/C46H33N5/c1-2-6-32-13-15-33(16-14-32)38-7-3-8-39(29-38)34-17-19-35(20-18-34)40-9-4-10-41(30-40)42-11-5-12-43(31-42)46-50-44(36-21-25-47-26-22-36)49-45(51-46)37-23-27-48-28-24-37/h2-5,7-31H,1,6H2. The molecule has 3 heterocycles. The average Bonchev–Trinajstić information content (AvgIpc) is 3.22. The minimum atomic E-state index is 0.592. The monoisotopic (exact) mass is 655 g/mol. The highest BCUT2D eigenvalue weighted by molar-refractivity contribution is 5.79. The van der Waals surface area contributed by atoms with E-state index in [4.69, 9.17) is 15.0 Å². The molecule has 0 amide bonds. The number of hydrogen-bond donors (Lipinski definition) is 0. The van der Waals surface area contributed by atoms with Crippen LogP contribution in [0.4, 0.5) is 0 Å². The molecule has 0 aliphatic carbocycles. The number of aromatic nitrogens is 5. The van der Waals surface area contributed by atoms with Crippen LogP contribution < -0.4 is 0 Å². The highest BCUT2D eigenvalue weighted by atomic mass is 15.0. The number of benzene rings is 5. The third-order valence-corrected chi connectivity index (χ3v) is 8.91. The molecule has 0 fully saturated rings. The highest BCUT2D eigenvalue weighted by Gasteiger charge is 2.13. The van der Waals surface area contributed by atoms with E-state index in [9.17, 15) is 0 Å². The Bertz CT molecular complexity index is 2380. The molecule has 0 unspecified atom stereocenters. The molecule has 8 rings (SSSR count). The molecule has 51 heavy (non-hydrogen) atoms. The third-order valence-electron chi connectivity index (χ3n) is 8.91. The maximum Gasteiger partial charge on any atom is 0.164 e. The maximum atomic E-state index is 4.90. The summed E-state index contributed by atoms with van der Waals surface area (Å²) in [4.78, 5) is 22.9. The van der Waals surface area contributed by atoms with Gasteiger partial charge in [-0.1, -0.05) is 109 Å². The van der Waals surface area contributed by atoms with E-state index < -0.39 is 0 Å². The molecule has 8 aromatic rings. The van der Waals surface area contributed by atoms with Crippen LogP contribution in [0.5, 0.6) is 0 Å². The molecule has 0 saturated heterocycles. The molecule has 0 bridgehead atoms. The van der Waals surface area contributed by atoms with Crippen LogP contribution in [0.15, 0.2) is 183 Å². The molecule has 0 atom stereocenters. The van der Waals surface area contributed by atoms with Crippen LogP contribution in [0.1, 0.15) is 5.56 Å². The Morgan fingerprint density at radius 2 is 0.686 bits per heavy atom. The van der Waals surface area contributed by atoms with Gasteiger partial charge in [-0.25, -0.2) is 15.0 Å². The molecule has 5 heteroatoms. The van der Waals surface area contributed by atoms with Gasteiger partial charge in [0.15, 0.2) is 17.5 Å². The van der Waals surface area contributed by atoms with E-state index in [2.05, 4.69) is 132 Å². The van der Waals surface area contributed by atoms with Gasteiger partial charge in [-0.15, -0.1) is 6.58 Å². The van der Waals surface area contributed by atoms with Gasteiger partial charge in [0, 0.05) is 41.5 Å². The Kier molecular flexibility index (Phi) is 8.83. The quantitative estimate of drug-likeness (QED) is 0.145. The zero-order valence-corrected chi connectivity index (χ0v) is 27.9. The Morgan fingerprint density at radius 1 is 0.353 bits per heavy atom. The number of hydrogen-bond acceptors (Lipinski definition) is 5. The van der Waals surface area contributed by atoms with Gasteiger partial charge in [0.05, 0.1) is 0 Å². The summed E-state index contributed by atoms with van der Waals surface area (Å²) in [5.41, 5.74) is 13.2. The predicted octanol–water partition coefficient (Wildman–Crippen LogP) is 11.1. The first-order valence-electron chi connectivity index (χ1n) is 16.9. The largest absolute Gasteiger partial charge is 0.265 e. The van der Waals surface area contributed by atoms with Crippen LogP contribution in [-0.2, 0) is 6.42 Å². The fraction of sp³-hybridized carbons (Fsp3) is 0.0217. The van der Waals surface area contributed by atoms with E-state index >= 15 is 0 Å². The van der Waals surface area contributed by atoms with Crippen molar-refractivity contribution in [3.63, 3.8) is 0 Å². The van der Waals surface area contributed by atoms with Crippen molar-refractivity contribution in [2.24, 2.45) is 0 Å². The average molecular weight is 656 g/mol. The van der Waals surface area contributed by atoms with Gasteiger partial charge in [0.25, 0.3) is 0 Å². The molecular weight excluding hydrogens is 623 g/mol.